The Hall–Kier alpha value is -6.98. The van der Waals surface area contributed by atoms with Crippen LogP contribution in [0.1, 0.15) is 26.3 Å². The number of furan rings is 1. The normalized spacial score (nSPS) is 12.0. The number of nitrogens with zero attached hydrogens (tertiary/aromatic N) is 3. The molecule has 55 heavy (non-hydrogen) atoms. The number of imidazole rings is 1. The first-order valence-electron chi connectivity index (χ1n) is 18.6. The molecule has 0 fully saturated rings. The number of fused-ring (bicyclic) bond motifs is 6. The van der Waals surface area contributed by atoms with Crippen LogP contribution in [0.4, 0.5) is 0 Å². The zero-order chi connectivity index (χ0) is 37.3. The lowest BCUT2D eigenvalue weighted by molar-refractivity contribution is 0.477. The summed E-state index contributed by atoms with van der Waals surface area (Å²) in [5, 5.41) is 15.7. The van der Waals surface area contributed by atoms with Crippen LogP contribution in [-0.4, -0.2) is 19.6 Å². The van der Waals surface area contributed by atoms with E-state index in [1.165, 1.54) is 10.9 Å². The molecule has 0 aliphatic rings. The molecular weight excluding hydrogens is 675 g/mol. The largest absolute Gasteiger partial charge is 0.507 e. The van der Waals surface area contributed by atoms with Crippen molar-refractivity contribution in [2.75, 3.05) is 0 Å². The summed E-state index contributed by atoms with van der Waals surface area (Å²) in [7, 11) is 0. The highest BCUT2D eigenvalue weighted by atomic mass is 16.3. The number of hydrogen-bond acceptors (Lipinski definition) is 4. The second-order valence-corrected chi connectivity index (χ2v) is 15.2. The zero-order valence-electron chi connectivity index (χ0n) is 30.8. The van der Waals surface area contributed by atoms with Gasteiger partial charge >= 0.3 is 0 Å². The van der Waals surface area contributed by atoms with Crippen molar-refractivity contribution < 1.29 is 9.52 Å². The standard InChI is InChI=1S/C50H37N3O2/c1-50(2,3)35-24-25-42(39(28-35)31-13-5-4-6-14-31)53-43-21-12-20-37(48(43)52-49(53)38-19-9-10-22-44(38)54)33-16-11-17-34(27-33)41-29-40-46(30-51-41)55-45-26-23-32-15-7-8-18-36(32)47(40)45/h4-30,54H,1-3H3. The third kappa shape index (κ3) is 5.47. The van der Waals surface area contributed by atoms with Gasteiger partial charge in [0.05, 0.1) is 34.2 Å². The Morgan fingerprint density at radius 1 is 0.582 bits per heavy atom. The molecule has 0 unspecified atom stereocenters. The van der Waals surface area contributed by atoms with Crippen molar-refractivity contribution in [2.24, 2.45) is 0 Å². The number of para-hydroxylation sites is 2. The van der Waals surface area contributed by atoms with Gasteiger partial charge in [-0.2, -0.15) is 0 Å². The monoisotopic (exact) mass is 711 g/mol. The van der Waals surface area contributed by atoms with Crippen LogP contribution in [0, 0.1) is 0 Å². The molecule has 0 saturated heterocycles. The van der Waals surface area contributed by atoms with Crippen molar-refractivity contribution in [3.63, 3.8) is 0 Å². The fourth-order valence-electron chi connectivity index (χ4n) is 7.92. The number of benzene rings is 7. The second-order valence-electron chi connectivity index (χ2n) is 15.2. The Morgan fingerprint density at radius 3 is 2.18 bits per heavy atom. The smallest absolute Gasteiger partial charge is 0.153 e. The molecular formula is C50H37N3O2. The van der Waals surface area contributed by atoms with Crippen molar-refractivity contribution in [2.45, 2.75) is 26.2 Å². The number of rotatable bonds is 5. The van der Waals surface area contributed by atoms with Crippen molar-refractivity contribution in [3.8, 4) is 56.3 Å². The Balaban J connectivity index is 1.18. The van der Waals surface area contributed by atoms with Crippen LogP contribution in [0.15, 0.2) is 168 Å². The summed E-state index contributed by atoms with van der Waals surface area (Å²) in [6, 6.07) is 54.2. The quantitative estimate of drug-likeness (QED) is 0.193. The van der Waals surface area contributed by atoms with Gasteiger partial charge in [-0.1, -0.05) is 130 Å². The van der Waals surface area contributed by atoms with Crippen LogP contribution >= 0.6 is 0 Å². The van der Waals surface area contributed by atoms with Gasteiger partial charge in [0.2, 0.25) is 0 Å². The van der Waals surface area contributed by atoms with E-state index in [2.05, 4.69) is 147 Å². The van der Waals surface area contributed by atoms with E-state index in [1.807, 2.05) is 36.5 Å². The minimum absolute atomic E-state index is 0.0460. The summed E-state index contributed by atoms with van der Waals surface area (Å²) in [6.45, 7) is 6.72. The molecule has 264 valence electrons. The van der Waals surface area contributed by atoms with Crippen LogP contribution in [0.5, 0.6) is 5.75 Å². The first-order valence-corrected chi connectivity index (χ1v) is 18.6. The molecule has 10 aromatic rings. The molecule has 7 aromatic carbocycles. The van der Waals surface area contributed by atoms with Crippen LogP contribution < -0.4 is 0 Å². The van der Waals surface area contributed by atoms with Gasteiger partial charge in [0, 0.05) is 27.5 Å². The van der Waals surface area contributed by atoms with E-state index < -0.39 is 0 Å². The lowest BCUT2D eigenvalue weighted by Gasteiger charge is -2.23. The SMILES string of the molecule is CC(C)(C)c1ccc(-n2c(-c3ccccc3O)nc3c(-c4cccc(-c5cc6c(cn5)oc5ccc7ccccc7c56)c4)cccc32)c(-c2ccccc2)c1. The molecule has 0 bridgehead atoms. The fraction of sp³-hybridized carbons (Fsp3) is 0.0800. The van der Waals surface area contributed by atoms with Gasteiger partial charge < -0.3 is 9.52 Å². The van der Waals surface area contributed by atoms with Gasteiger partial charge in [0.15, 0.2) is 5.58 Å². The fourth-order valence-corrected chi connectivity index (χ4v) is 7.92. The Morgan fingerprint density at radius 2 is 1.33 bits per heavy atom. The van der Waals surface area contributed by atoms with Gasteiger partial charge in [-0.15, -0.1) is 0 Å². The summed E-state index contributed by atoms with van der Waals surface area (Å²) < 4.78 is 8.46. The maximum Gasteiger partial charge on any atom is 0.153 e. The van der Waals surface area contributed by atoms with E-state index >= 15 is 0 Å². The van der Waals surface area contributed by atoms with Crippen molar-refractivity contribution >= 4 is 43.7 Å². The van der Waals surface area contributed by atoms with Gasteiger partial charge in [-0.25, -0.2) is 4.98 Å². The highest BCUT2D eigenvalue weighted by Crippen LogP contribution is 2.42. The molecule has 1 N–H and O–H groups in total. The number of phenols is 1. The van der Waals surface area contributed by atoms with Crippen LogP contribution in [-0.2, 0) is 5.41 Å². The lowest BCUT2D eigenvalue weighted by Crippen LogP contribution is -2.12. The molecule has 5 heteroatoms. The maximum atomic E-state index is 11.3. The van der Waals surface area contributed by atoms with E-state index in [-0.39, 0.29) is 11.2 Å². The first kappa shape index (κ1) is 32.7. The summed E-state index contributed by atoms with van der Waals surface area (Å²) in [5.74, 6) is 0.847. The third-order valence-electron chi connectivity index (χ3n) is 10.7. The number of aromatic nitrogens is 3. The molecule has 0 radical (unpaired) electrons. The minimum Gasteiger partial charge on any atom is -0.507 e. The molecule has 0 saturated carbocycles. The van der Waals surface area contributed by atoms with Gasteiger partial charge in [0.1, 0.15) is 17.2 Å². The number of pyridine rings is 1. The topological polar surface area (TPSA) is 64.1 Å². The zero-order valence-corrected chi connectivity index (χ0v) is 30.8. The molecule has 10 rings (SSSR count). The summed E-state index contributed by atoms with van der Waals surface area (Å²) in [5.41, 5.74) is 12.3. The third-order valence-corrected chi connectivity index (χ3v) is 10.7. The molecule has 0 aliphatic carbocycles. The number of hydrogen-bond donors (Lipinski definition) is 1. The Bertz CT molecular complexity index is 3090. The van der Waals surface area contributed by atoms with E-state index in [4.69, 9.17) is 14.4 Å². The maximum absolute atomic E-state index is 11.3. The van der Waals surface area contributed by atoms with Gasteiger partial charge in [0.25, 0.3) is 0 Å². The Kier molecular flexibility index (Phi) is 7.46. The minimum atomic E-state index is -0.0460. The summed E-state index contributed by atoms with van der Waals surface area (Å²) >= 11 is 0. The average molecular weight is 712 g/mol. The molecule has 3 aromatic heterocycles. The summed E-state index contributed by atoms with van der Waals surface area (Å²) in [4.78, 5) is 10.3. The van der Waals surface area contributed by atoms with Crippen molar-refractivity contribution in [1.82, 2.24) is 14.5 Å². The molecule has 0 atom stereocenters. The highest BCUT2D eigenvalue weighted by Gasteiger charge is 2.24. The van der Waals surface area contributed by atoms with E-state index in [1.54, 1.807) is 6.07 Å². The number of aromatic hydroxyl groups is 1. The average Bonchev–Trinajstić information content (AvgIpc) is 3.79. The van der Waals surface area contributed by atoms with Crippen molar-refractivity contribution in [3.05, 3.63) is 169 Å². The predicted octanol–water partition coefficient (Wildman–Crippen LogP) is 13.1. The van der Waals surface area contributed by atoms with Gasteiger partial charge in [-0.3, -0.25) is 9.55 Å². The number of phenolic OH excluding ortho intramolecular Hbond substituents is 1. The summed E-state index contributed by atoms with van der Waals surface area (Å²) in [6.07, 6.45) is 1.84. The first-order chi connectivity index (χ1) is 26.8. The highest BCUT2D eigenvalue weighted by molar-refractivity contribution is 6.19. The van der Waals surface area contributed by atoms with E-state index in [0.717, 1.165) is 77.6 Å². The molecule has 0 aliphatic heterocycles. The van der Waals surface area contributed by atoms with E-state index in [9.17, 15) is 5.11 Å². The molecule has 0 spiro atoms. The molecule has 5 nitrogen and oxygen atoms in total. The van der Waals surface area contributed by atoms with Crippen LogP contribution in [0.25, 0.3) is 94.3 Å². The van der Waals surface area contributed by atoms with E-state index in [0.29, 0.717) is 11.4 Å². The van der Waals surface area contributed by atoms with Crippen LogP contribution in [0.2, 0.25) is 0 Å². The predicted molar refractivity (Wildman–Crippen MR) is 226 cm³/mol. The van der Waals surface area contributed by atoms with Gasteiger partial charge in [-0.05, 0) is 81.4 Å². The lowest BCUT2D eigenvalue weighted by atomic mass is 9.85. The Labute approximate surface area is 318 Å². The molecule has 0 amide bonds. The molecule has 3 heterocycles. The van der Waals surface area contributed by atoms with Crippen molar-refractivity contribution in [1.29, 1.82) is 0 Å². The second kappa shape index (κ2) is 12.6. The van der Waals surface area contributed by atoms with Crippen LogP contribution in [0.3, 0.4) is 0 Å².